The normalized spacial score (nSPS) is 22.9. The second kappa shape index (κ2) is 51.3. The van der Waals surface area contributed by atoms with Crippen LogP contribution in [0.3, 0.4) is 0 Å². The molecule has 25 heteroatoms. The van der Waals surface area contributed by atoms with E-state index in [2.05, 4.69) is 10.6 Å². The van der Waals surface area contributed by atoms with Gasteiger partial charge in [-0.15, -0.1) is 0 Å². The highest BCUT2D eigenvalue weighted by Crippen LogP contribution is 2.28. The molecule has 20 N–H and O–H groups in total. The average molecular weight is 1460 g/mol. The van der Waals surface area contributed by atoms with Gasteiger partial charge in [-0.2, -0.15) is 0 Å². The number of rotatable bonds is 50. The second-order valence-corrected chi connectivity index (χ2v) is 26.9. The van der Waals surface area contributed by atoms with Crippen molar-refractivity contribution >= 4 is 23.4 Å². The van der Waals surface area contributed by atoms with E-state index in [0.29, 0.717) is 12.8 Å². The molecule has 1 heterocycles. The molecule has 0 radical (unpaired) electrons. The van der Waals surface area contributed by atoms with Gasteiger partial charge in [0.25, 0.3) is 0 Å². The van der Waals surface area contributed by atoms with Gasteiger partial charge in [0.1, 0.15) is 41.3 Å². The molecule has 1 saturated heterocycles. The van der Waals surface area contributed by atoms with Crippen LogP contribution in [0.1, 0.15) is 136 Å². The number of phenols is 1. The summed E-state index contributed by atoms with van der Waals surface area (Å²) in [5.74, 6) is -3.19. The van der Waals surface area contributed by atoms with Crippen molar-refractivity contribution in [3.05, 3.63) is 187 Å². The SMILES string of the molecule is CC(/C=C/CC/C=C/C=C/C=C/C=C/C(=O)NC1=C(O)CCC1=O)C(O)C(C)C(O)/C=C/C=C/C=C/C=C/C=C/CC(OC1OC(C)C(O)C(O)C1O)C(C)C(=O)CC(O)CC(O)CC(O)/C=C/CC(O)CC(O)CC(O)CC(O)/C=C/CC(O)CC(O)CCCNC(=O)C(N)Cc1ccc(O)cc1. The lowest BCUT2D eigenvalue weighted by molar-refractivity contribution is -0.306. The quantitative estimate of drug-likeness (QED) is 0.0186. The molecule has 0 spiro atoms. The van der Waals surface area contributed by atoms with Gasteiger partial charge in [0, 0.05) is 62.5 Å². The maximum absolute atomic E-state index is 13.6. The fourth-order valence-corrected chi connectivity index (χ4v) is 11.3. The van der Waals surface area contributed by atoms with Crippen LogP contribution in [-0.4, -0.2) is 222 Å². The largest absolute Gasteiger partial charge is 0.510 e. The number of amides is 2. The summed E-state index contributed by atoms with van der Waals surface area (Å²) in [6.07, 6.45) is 22.5. The molecule has 580 valence electrons. The van der Waals surface area contributed by atoms with Crippen LogP contribution < -0.4 is 16.4 Å². The minimum Gasteiger partial charge on any atom is -0.510 e. The van der Waals surface area contributed by atoms with E-state index in [1.807, 2.05) is 37.3 Å². The number of nitrogens with one attached hydrogen (secondary N) is 2. The number of Topliss-reactive ketones (excluding diaryl/α,β-unsaturated/α-hetero) is 2. The van der Waals surface area contributed by atoms with Crippen LogP contribution in [0.4, 0.5) is 0 Å². The van der Waals surface area contributed by atoms with Crippen LogP contribution in [-0.2, 0) is 35.1 Å². The number of allylic oxidation sites excluding steroid dienone is 18. The van der Waals surface area contributed by atoms with Gasteiger partial charge in [0.2, 0.25) is 11.8 Å². The minimum absolute atomic E-state index is 0.00501. The molecule has 21 unspecified atom stereocenters. The van der Waals surface area contributed by atoms with Crippen molar-refractivity contribution in [2.75, 3.05) is 6.54 Å². The number of hydrogen-bond donors (Lipinski definition) is 19. The Hall–Kier alpha value is -6.96. The topological polar surface area (TPSA) is 461 Å². The number of ketones is 2. The highest BCUT2D eigenvalue weighted by Gasteiger charge is 2.44. The molecule has 1 aliphatic carbocycles. The highest BCUT2D eigenvalue weighted by atomic mass is 16.7. The summed E-state index contributed by atoms with van der Waals surface area (Å²) in [7, 11) is 0. The number of hydrogen-bond acceptors (Lipinski definition) is 23. The molecule has 1 aromatic carbocycles. The van der Waals surface area contributed by atoms with Gasteiger partial charge in [-0.25, -0.2) is 0 Å². The fraction of sp³-hybridized carbons (Fsp3) is 0.544. The molecule has 104 heavy (non-hydrogen) atoms. The number of aromatic hydroxyl groups is 1. The van der Waals surface area contributed by atoms with Crippen LogP contribution in [0.25, 0.3) is 0 Å². The summed E-state index contributed by atoms with van der Waals surface area (Å²) in [5.41, 5.74) is 6.73. The van der Waals surface area contributed by atoms with Crippen molar-refractivity contribution in [2.24, 2.45) is 23.5 Å². The number of unbranched alkanes of at least 4 members (excludes halogenated alkanes) is 1. The van der Waals surface area contributed by atoms with Crippen LogP contribution in [0.15, 0.2) is 182 Å². The Morgan fingerprint density at radius 1 is 0.587 bits per heavy atom. The smallest absolute Gasteiger partial charge is 0.248 e. The number of carbonyl (C=O) groups excluding carboxylic acids is 4. The van der Waals surface area contributed by atoms with Crippen molar-refractivity contribution in [2.45, 2.75) is 247 Å². The van der Waals surface area contributed by atoms with Gasteiger partial charge in [-0.1, -0.05) is 173 Å². The number of aliphatic hydroxyl groups excluding tert-OH is 15. The Bertz CT molecular complexity index is 3080. The van der Waals surface area contributed by atoms with Crippen molar-refractivity contribution in [3.8, 4) is 5.75 Å². The monoisotopic (exact) mass is 1460 g/mol. The third kappa shape index (κ3) is 38.4. The minimum atomic E-state index is -1.66. The molecular formula is C79H117N3O22. The first-order valence-corrected chi connectivity index (χ1v) is 35.9. The third-order valence-electron chi connectivity index (χ3n) is 17.6. The van der Waals surface area contributed by atoms with Gasteiger partial charge in [-0.05, 0) is 102 Å². The van der Waals surface area contributed by atoms with E-state index in [9.17, 15) is 101 Å². The number of aliphatic hydroxyl groups is 15. The zero-order valence-electron chi connectivity index (χ0n) is 60.2. The zero-order valence-corrected chi connectivity index (χ0v) is 60.2. The van der Waals surface area contributed by atoms with Crippen LogP contribution in [0.5, 0.6) is 5.75 Å². The Balaban J connectivity index is 1.36. The Labute approximate surface area is 611 Å². The number of nitrogens with two attached hydrogens (primary N) is 1. The first-order chi connectivity index (χ1) is 49.4. The van der Waals surface area contributed by atoms with Crippen LogP contribution in [0, 0.1) is 17.8 Å². The molecule has 0 saturated carbocycles. The fourth-order valence-electron chi connectivity index (χ4n) is 11.3. The molecule has 21 atom stereocenters. The standard InChI is InChI=1S/C79H117N3O22/c1-51(27-20-16-12-8-5-6-11-15-19-23-35-72(97)82-73-68(94)40-41-69(73)95)74(98)53(3)67(93)33-21-17-13-9-7-10-14-18-22-34-71(104-79-77(101)76(100)75(99)54(4)103-79)52(2)70(96)50-65(92)49-64(91)47-60(87)31-25-30-59(86)46-63(90)48-62(89)45-58(85)29-24-28-57(84)44-61(88)32-26-42-81-78(102)66(80)43-55-36-38-56(83)39-37-55/h5-11,13-15,17-25,27,29,31,33,35-39,51-54,57-67,71,74-77,79,83-94,98-101H,12,16,26,28,30,32,34,40-50,80H2,1-4H3,(H,81,102)(H,82,97)/b8-5+,9-7+,11-6+,14-10+,17-13+,19-15+,22-18+,27-20+,29-24+,31-25+,33-21+,35-23+. The number of benzene rings is 1. The summed E-state index contributed by atoms with van der Waals surface area (Å²) in [6.45, 7) is 6.98. The molecule has 0 aromatic heterocycles. The Morgan fingerprint density at radius 2 is 1.12 bits per heavy atom. The summed E-state index contributed by atoms with van der Waals surface area (Å²) in [5, 5.41) is 172. The number of ether oxygens (including phenoxy) is 2. The van der Waals surface area contributed by atoms with E-state index in [-0.39, 0.29) is 118 Å². The van der Waals surface area contributed by atoms with Crippen LogP contribution in [0.2, 0.25) is 0 Å². The van der Waals surface area contributed by atoms with Crippen molar-refractivity contribution < 1.29 is 110 Å². The van der Waals surface area contributed by atoms with E-state index in [4.69, 9.17) is 15.2 Å². The predicted molar refractivity (Wildman–Crippen MR) is 395 cm³/mol. The van der Waals surface area contributed by atoms with E-state index in [1.54, 1.807) is 105 Å². The van der Waals surface area contributed by atoms with Crippen molar-refractivity contribution in [1.29, 1.82) is 0 Å². The van der Waals surface area contributed by atoms with E-state index >= 15 is 0 Å². The molecule has 1 aromatic rings. The van der Waals surface area contributed by atoms with Crippen LogP contribution >= 0.6 is 0 Å². The maximum atomic E-state index is 13.6. The molecule has 2 amide bonds. The third-order valence-corrected chi connectivity index (χ3v) is 17.6. The summed E-state index contributed by atoms with van der Waals surface area (Å²) in [6, 6.07) is 5.60. The summed E-state index contributed by atoms with van der Waals surface area (Å²) < 4.78 is 11.7. The van der Waals surface area contributed by atoms with E-state index in [1.165, 1.54) is 55.5 Å². The van der Waals surface area contributed by atoms with Gasteiger partial charge in [-0.3, -0.25) is 19.2 Å². The lowest BCUT2D eigenvalue weighted by Gasteiger charge is -2.41. The maximum Gasteiger partial charge on any atom is 0.248 e. The molecule has 3 rings (SSSR count). The number of phenolic OH excluding ortho intramolecular Hbond substituents is 1. The Morgan fingerprint density at radius 3 is 1.71 bits per heavy atom. The summed E-state index contributed by atoms with van der Waals surface area (Å²) in [4.78, 5) is 49.6. The van der Waals surface area contributed by atoms with Gasteiger partial charge < -0.3 is 108 Å². The average Bonchev–Trinajstić information content (AvgIpc) is 1.12. The van der Waals surface area contributed by atoms with E-state index in [0.717, 1.165) is 18.4 Å². The molecule has 2 aliphatic rings. The van der Waals surface area contributed by atoms with Gasteiger partial charge in [0.15, 0.2) is 12.1 Å². The lowest BCUT2D eigenvalue weighted by Crippen LogP contribution is -2.58. The lowest BCUT2D eigenvalue weighted by atomic mass is 9.88. The first kappa shape index (κ1) is 91.3. The van der Waals surface area contributed by atoms with Gasteiger partial charge in [0.05, 0.1) is 85.4 Å². The molecule has 25 nitrogen and oxygen atoms in total. The molecule has 0 bridgehead atoms. The second-order valence-electron chi connectivity index (χ2n) is 26.9. The molecular weight excluding hydrogens is 1340 g/mol. The highest BCUT2D eigenvalue weighted by molar-refractivity contribution is 6.03. The number of carbonyl (C=O) groups is 4. The molecule has 1 fully saturated rings. The van der Waals surface area contributed by atoms with Crippen molar-refractivity contribution in [1.82, 2.24) is 10.6 Å². The predicted octanol–water partition coefficient (Wildman–Crippen LogP) is 4.42. The Kier molecular flexibility index (Phi) is 45.0. The summed E-state index contributed by atoms with van der Waals surface area (Å²) >= 11 is 0. The van der Waals surface area contributed by atoms with E-state index < -0.39 is 140 Å². The zero-order chi connectivity index (χ0) is 77.1. The van der Waals surface area contributed by atoms with Gasteiger partial charge >= 0.3 is 0 Å². The molecule has 1 aliphatic heterocycles. The van der Waals surface area contributed by atoms with Crippen molar-refractivity contribution in [3.63, 3.8) is 0 Å². The first-order valence-electron chi connectivity index (χ1n) is 35.9.